The molecule has 1 aromatic rings. The standard InChI is InChI=1S/C10H9N2O.U/c1-8-5-3-4-6-9(8)10(7-11)12-13-2;/h3-6H,1H2,2H3;/q-1;/b12-10-;. The first-order chi connectivity index (χ1) is 6.29. The van der Waals surface area contributed by atoms with Gasteiger partial charge in [-0.1, -0.05) is 16.8 Å². The molecule has 0 atom stereocenters. The average molecular weight is 411 g/mol. The smallest absolute Gasteiger partial charge is 0.133 e. The van der Waals surface area contributed by atoms with Crippen LogP contribution in [-0.4, -0.2) is 12.8 Å². The van der Waals surface area contributed by atoms with E-state index in [-0.39, 0.29) is 36.8 Å². The van der Waals surface area contributed by atoms with E-state index < -0.39 is 0 Å². The van der Waals surface area contributed by atoms with Crippen molar-refractivity contribution in [2.45, 2.75) is 0 Å². The summed E-state index contributed by atoms with van der Waals surface area (Å²) in [7, 11) is 1.41. The third-order valence-electron chi connectivity index (χ3n) is 1.56. The molecular weight excluding hydrogens is 402 g/mol. The van der Waals surface area contributed by atoms with E-state index in [0.717, 1.165) is 5.56 Å². The van der Waals surface area contributed by atoms with Crippen LogP contribution in [0.3, 0.4) is 0 Å². The van der Waals surface area contributed by atoms with Gasteiger partial charge in [0.1, 0.15) is 18.9 Å². The van der Waals surface area contributed by atoms with Crippen molar-refractivity contribution in [3.63, 3.8) is 0 Å². The molecule has 1 rings (SSSR count). The molecule has 0 radical (unpaired) electrons. The van der Waals surface area contributed by atoms with Crippen molar-refractivity contribution in [3.8, 4) is 6.07 Å². The molecule has 0 aliphatic rings. The van der Waals surface area contributed by atoms with Crippen LogP contribution in [0.5, 0.6) is 0 Å². The number of benzene rings is 1. The Morgan fingerprint density at radius 2 is 2.14 bits per heavy atom. The first-order valence-corrected chi connectivity index (χ1v) is 3.72. The van der Waals surface area contributed by atoms with E-state index in [1.54, 1.807) is 6.07 Å². The van der Waals surface area contributed by atoms with E-state index in [4.69, 9.17) is 5.26 Å². The molecule has 0 N–H and O–H groups in total. The van der Waals surface area contributed by atoms with Gasteiger partial charge in [0.05, 0.1) is 0 Å². The molecule has 0 aliphatic heterocycles. The SMILES string of the molecule is [CH2-]c1ccccc1/C(C#N)=N\OC.[U]. The van der Waals surface area contributed by atoms with E-state index in [1.165, 1.54) is 7.11 Å². The second-order valence-electron chi connectivity index (χ2n) is 2.39. The van der Waals surface area contributed by atoms with Gasteiger partial charge in [0, 0.05) is 31.1 Å². The van der Waals surface area contributed by atoms with Gasteiger partial charge in [-0.15, -0.1) is 12.1 Å². The van der Waals surface area contributed by atoms with Crippen molar-refractivity contribution in [2.24, 2.45) is 5.16 Å². The topological polar surface area (TPSA) is 45.4 Å². The van der Waals surface area contributed by atoms with Crippen LogP contribution >= 0.6 is 0 Å². The van der Waals surface area contributed by atoms with Crippen LogP contribution in [-0.2, 0) is 4.84 Å². The second-order valence-corrected chi connectivity index (χ2v) is 2.39. The summed E-state index contributed by atoms with van der Waals surface area (Å²) in [4.78, 5) is 4.54. The van der Waals surface area contributed by atoms with Crippen molar-refractivity contribution < 1.29 is 36.0 Å². The van der Waals surface area contributed by atoms with Crippen molar-refractivity contribution in [1.82, 2.24) is 0 Å². The summed E-state index contributed by atoms with van der Waals surface area (Å²) >= 11 is 0. The molecule has 14 heavy (non-hydrogen) atoms. The maximum absolute atomic E-state index is 8.75. The molecule has 0 bridgehead atoms. The summed E-state index contributed by atoms with van der Waals surface area (Å²) in [5, 5.41) is 12.3. The Morgan fingerprint density at radius 3 is 2.64 bits per heavy atom. The fourth-order valence-corrected chi connectivity index (χ4v) is 0.972. The number of hydrogen-bond donors (Lipinski definition) is 0. The predicted molar refractivity (Wildman–Crippen MR) is 50.1 cm³/mol. The maximum atomic E-state index is 8.75. The Balaban J connectivity index is 0.00000169. The quantitative estimate of drug-likeness (QED) is 0.423. The van der Waals surface area contributed by atoms with Crippen LogP contribution < -0.4 is 0 Å². The van der Waals surface area contributed by atoms with Crippen molar-refractivity contribution in [3.05, 3.63) is 42.3 Å². The molecule has 4 heteroatoms. The zero-order valence-electron chi connectivity index (χ0n) is 7.82. The van der Waals surface area contributed by atoms with Gasteiger partial charge in [0.25, 0.3) is 0 Å². The summed E-state index contributed by atoms with van der Waals surface area (Å²) in [6.45, 7) is 3.78. The molecule has 0 fully saturated rings. The second kappa shape index (κ2) is 6.54. The summed E-state index contributed by atoms with van der Waals surface area (Å²) in [6.07, 6.45) is 0. The number of nitriles is 1. The molecule has 1 aromatic carbocycles. The first kappa shape index (κ1) is 13.1. The minimum atomic E-state index is 0. The molecule has 70 valence electrons. The van der Waals surface area contributed by atoms with Crippen LogP contribution in [0, 0.1) is 49.4 Å². The summed E-state index contributed by atoms with van der Waals surface area (Å²) < 4.78 is 0. The zero-order chi connectivity index (χ0) is 9.68. The third kappa shape index (κ3) is 3.10. The van der Waals surface area contributed by atoms with Crippen LogP contribution in [0.4, 0.5) is 0 Å². The fourth-order valence-electron chi connectivity index (χ4n) is 0.972. The Kier molecular flexibility index (Phi) is 6.12. The van der Waals surface area contributed by atoms with E-state index in [9.17, 15) is 0 Å². The van der Waals surface area contributed by atoms with Gasteiger partial charge in [0.2, 0.25) is 0 Å². The fraction of sp³-hybridized carbons (Fsp3) is 0.100. The van der Waals surface area contributed by atoms with Gasteiger partial charge in [0.15, 0.2) is 0 Å². The third-order valence-corrected chi connectivity index (χ3v) is 1.56. The number of hydrogen-bond acceptors (Lipinski definition) is 3. The van der Waals surface area contributed by atoms with Gasteiger partial charge >= 0.3 is 0 Å². The predicted octanol–water partition coefficient (Wildman–Crippen LogP) is 1.74. The Hall–Kier alpha value is -0.898. The van der Waals surface area contributed by atoms with Crippen molar-refractivity contribution in [2.75, 3.05) is 7.11 Å². The van der Waals surface area contributed by atoms with Gasteiger partial charge < -0.3 is 4.84 Å². The van der Waals surface area contributed by atoms with E-state index >= 15 is 0 Å². The Bertz CT molecular complexity index is 369. The molecule has 3 nitrogen and oxygen atoms in total. The van der Waals surface area contributed by atoms with Crippen LogP contribution in [0.1, 0.15) is 11.1 Å². The van der Waals surface area contributed by atoms with Crippen LogP contribution in [0.2, 0.25) is 0 Å². The van der Waals surface area contributed by atoms with Gasteiger partial charge in [-0.2, -0.15) is 23.8 Å². The monoisotopic (exact) mass is 411 g/mol. The molecule has 0 saturated heterocycles. The summed E-state index contributed by atoms with van der Waals surface area (Å²) in [5.74, 6) is 0. The normalized spacial score (nSPS) is 9.86. The molecule has 0 spiro atoms. The largest absolute Gasteiger partial charge is 0.399 e. The molecule has 0 aromatic heterocycles. The zero-order valence-corrected chi connectivity index (χ0v) is 12.0. The molecule has 0 amide bonds. The Morgan fingerprint density at radius 1 is 1.50 bits per heavy atom. The Labute approximate surface area is 107 Å². The molecule has 0 aliphatic carbocycles. The number of nitrogens with zero attached hydrogens (tertiary/aromatic N) is 2. The summed E-state index contributed by atoms with van der Waals surface area (Å²) in [5.41, 5.74) is 1.71. The molecule has 0 heterocycles. The number of oxime groups is 1. The summed E-state index contributed by atoms with van der Waals surface area (Å²) in [6, 6.07) is 9.22. The van der Waals surface area contributed by atoms with Gasteiger partial charge in [-0.25, -0.2) is 0 Å². The molecule has 0 unspecified atom stereocenters. The number of rotatable bonds is 2. The van der Waals surface area contributed by atoms with Crippen molar-refractivity contribution >= 4 is 5.71 Å². The first-order valence-electron chi connectivity index (χ1n) is 3.72. The maximum Gasteiger partial charge on any atom is 0.133 e. The van der Waals surface area contributed by atoms with Crippen LogP contribution in [0.25, 0.3) is 0 Å². The van der Waals surface area contributed by atoms with Crippen molar-refractivity contribution in [1.29, 1.82) is 5.26 Å². The molecule has 0 saturated carbocycles. The van der Waals surface area contributed by atoms with Gasteiger partial charge in [-0.3, -0.25) is 0 Å². The molecular formula is C10H9N2OU-. The van der Waals surface area contributed by atoms with E-state index in [2.05, 4.69) is 16.9 Å². The minimum Gasteiger partial charge on any atom is -0.399 e. The van der Waals surface area contributed by atoms with Crippen LogP contribution in [0.15, 0.2) is 29.4 Å². The average Bonchev–Trinajstić information content (AvgIpc) is 2.16. The van der Waals surface area contributed by atoms with E-state index in [1.807, 2.05) is 24.3 Å². The van der Waals surface area contributed by atoms with Gasteiger partial charge in [-0.05, 0) is 0 Å². The minimum absolute atomic E-state index is 0. The van der Waals surface area contributed by atoms with E-state index in [0.29, 0.717) is 5.56 Å².